The number of nitrogen functional groups attached to an aromatic ring is 1. The summed E-state index contributed by atoms with van der Waals surface area (Å²) in [5.41, 5.74) is 8.76. The third kappa shape index (κ3) is 2.64. The van der Waals surface area contributed by atoms with Gasteiger partial charge in [0.1, 0.15) is 5.82 Å². The molecule has 1 heterocycles. The second-order valence-electron chi connectivity index (χ2n) is 5.31. The standard InChI is InChI=1S/C14H25N3/c1-3-8-12-13(16-17(2)14(12)15)11-9-6-4-5-7-10-11/h11H,3-10,15H2,1-2H3. The average molecular weight is 235 g/mol. The molecule has 0 amide bonds. The van der Waals surface area contributed by atoms with Gasteiger partial charge < -0.3 is 5.73 Å². The number of rotatable bonds is 3. The number of anilines is 1. The molecule has 17 heavy (non-hydrogen) atoms. The van der Waals surface area contributed by atoms with E-state index in [1.165, 1.54) is 49.8 Å². The third-order valence-electron chi connectivity index (χ3n) is 3.97. The topological polar surface area (TPSA) is 43.8 Å². The van der Waals surface area contributed by atoms with E-state index in [9.17, 15) is 0 Å². The van der Waals surface area contributed by atoms with Gasteiger partial charge in [0, 0.05) is 18.5 Å². The number of hydrogen-bond acceptors (Lipinski definition) is 2. The van der Waals surface area contributed by atoms with E-state index in [1.807, 2.05) is 11.7 Å². The van der Waals surface area contributed by atoms with E-state index >= 15 is 0 Å². The molecule has 0 unspecified atom stereocenters. The quantitative estimate of drug-likeness (QED) is 0.816. The van der Waals surface area contributed by atoms with Crippen LogP contribution in [0.1, 0.15) is 69.0 Å². The van der Waals surface area contributed by atoms with Crippen LogP contribution in [-0.4, -0.2) is 9.78 Å². The Bertz CT molecular complexity index is 360. The number of aryl methyl sites for hydroxylation is 1. The Kier molecular flexibility index (Phi) is 4.08. The van der Waals surface area contributed by atoms with Crippen molar-refractivity contribution in [3.63, 3.8) is 0 Å². The smallest absolute Gasteiger partial charge is 0.124 e. The molecule has 0 atom stereocenters. The molecule has 1 saturated carbocycles. The zero-order chi connectivity index (χ0) is 12.3. The van der Waals surface area contributed by atoms with Crippen LogP contribution in [0.2, 0.25) is 0 Å². The van der Waals surface area contributed by atoms with Gasteiger partial charge in [0.25, 0.3) is 0 Å². The van der Waals surface area contributed by atoms with Gasteiger partial charge >= 0.3 is 0 Å². The van der Waals surface area contributed by atoms with E-state index < -0.39 is 0 Å². The molecule has 0 aromatic carbocycles. The molecule has 2 N–H and O–H groups in total. The van der Waals surface area contributed by atoms with E-state index in [2.05, 4.69) is 12.0 Å². The number of aromatic nitrogens is 2. The van der Waals surface area contributed by atoms with E-state index in [4.69, 9.17) is 5.73 Å². The first-order valence-electron chi connectivity index (χ1n) is 7.05. The highest BCUT2D eigenvalue weighted by Crippen LogP contribution is 2.34. The lowest BCUT2D eigenvalue weighted by Gasteiger charge is -2.13. The molecular formula is C14H25N3. The summed E-state index contributed by atoms with van der Waals surface area (Å²) in [6.07, 6.45) is 10.3. The Morgan fingerprint density at radius 2 is 1.88 bits per heavy atom. The molecule has 0 bridgehead atoms. The van der Waals surface area contributed by atoms with Crippen LogP contribution in [-0.2, 0) is 13.5 Å². The van der Waals surface area contributed by atoms with E-state index in [0.717, 1.165) is 18.7 Å². The van der Waals surface area contributed by atoms with Gasteiger partial charge in [0.15, 0.2) is 0 Å². The first-order valence-corrected chi connectivity index (χ1v) is 7.05. The maximum Gasteiger partial charge on any atom is 0.124 e. The predicted molar refractivity (Wildman–Crippen MR) is 72.1 cm³/mol. The van der Waals surface area contributed by atoms with Crippen molar-refractivity contribution in [1.82, 2.24) is 9.78 Å². The predicted octanol–water partition coefficient (Wildman–Crippen LogP) is 3.39. The molecule has 0 aliphatic heterocycles. The van der Waals surface area contributed by atoms with E-state index in [-0.39, 0.29) is 0 Å². The first kappa shape index (κ1) is 12.5. The monoisotopic (exact) mass is 235 g/mol. The van der Waals surface area contributed by atoms with Gasteiger partial charge in [0.05, 0.1) is 5.69 Å². The Balaban J connectivity index is 2.26. The van der Waals surface area contributed by atoms with Crippen molar-refractivity contribution >= 4 is 5.82 Å². The van der Waals surface area contributed by atoms with Crippen molar-refractivity contribution in [1.29, 1.82) is 0 Å². The number of nitrogens with zero attached hydrogens (tertiary/aromatic N) is 2. The van der Waals surface area contributed by atoms with Gasteiger partial charge in [-0.15, -0.1) is 0 Å². The van der Waals surface area contributed by atoms with Gasteiger partial charge in [-0.05, 0) is 19.3 Å². The van der Waals surface area contributed by atoms with Crippen LogP contribution in [0.5, 0.6) is 0 Å². The molecule has 3 heteroatoms. The third-order valence-corrected chi connectivity index (χ3v) is 3.97. The molecule has 1 aromatic heterocycles. The van der Waals surface area contributed by atoms with Crippen molar-refractivity contribution in [3.05, 3.63) is 11.3 Å². The van der Waals surface area contributed by atoms with Crippen LogP contribution in [0, 0.1) is 0 Å². The molecule has 0 radical (unpaired) electrons. The molecule has 0 saturated heterocycles. The molecule has 1 aromatic rings. The summed E-state index contributed by atoms with van der Waals surface area (Å²) >= 11 is 0. The summed E-state index contributed by atoms with van der Waals surface area (Å²) in [5.74, 6) is 1.54. The average Bonchev–Trinajstić information content (AvgIpc) is 2.56. The van der Waals surface area contributed by atoms with Crippen LogP contribution < -0.4 is 5.73 Å². The zero-order valence-corrected chi connectivity index (χ0v) is 11.2. The van der Waals surface area contributed by atoms with E-state index in [0.29, 0.717) is 5.92 Å². The Morgan fingerprint density at radius 1 is 1.24 bits per heavy atom. The van der Waals surface area contributed by atoms with Crippen molar-refractivity contribution in [3.8, 4) is 0 Å². The minimum absolute atomic E-state index is 0.655. The lowest BCUT2D eigenvalue weighted by molar-refractivity contribution is 0.561. The van der Waals surface area contributed by atoms with Crippen molar-refractivity contribution in [2.45, 2.75) is 64.2 Å². The summed E-state index contributed by atoms with van der Waals surface area (Å²) < 4.78 is 1.87. The van der Waals surface area contributed by atoms with Gasteiger partial charge in [-0.25, -0.2) is 0 Å². The van der Waals surface area contributed by atoms with E-state index in [1.54, 1.807) is 0 Å². The highest BCUT2D eigenvalue weighted by Gasteiger charge is 2.22. The largest absolute Gasteiger partial charge is 0.384 e. The Morgan fingerprint density at radius 3 is 2.47 bits per heavy atom. The molecule has 2 rings (SSSR count). The molecular weight excluding hydrogens is 210 g/mol. The van der Waals surface area contributed by atoms with Gasteiger partial charge in [0.2, 0.25) is 0 Å². The highest BCUT2D eigenvalue weighted by molar-refractivity contribution is 5.44. The summed E-state index contributed by atoms with van der Waals surface area (Å²) in [6.45, 7) is 2.21. The summed E-state index contributed by atoms with van der Waals surface area (Å²) in [5, 5.41) is 4.69. The summed E-state index contributed by atoms with van der Waals surface area (Å²) in [7, 11) is 1.97. The van der Waals surface area contributed by atoms with Gasteiger partial charge in [-0.3, -0.25) is 4.68 Å². The van der Waals surface area contributed by atoms with Crippen LogP contribution in [0.3, 0.4) is 0 Å². The van der Waals surface area contributed by atoms with Crippen molar-refractivity contribution in [2.24, 2.45) is 7.05 Å². The second kappa shape index (κ2) is 5.56. The molecule has 96 valence electrons. The maximum atomic E-state index is 6.14. The van der Waals surface area contributed by atoms with Crippen LogP contribution in [0.4, 0.5) is 5.82 Å². The fraction of sp³-hybridized carbons (Fsp3) is 0.786. The van der Waals surface area contributed by atoms with Gasteiger partial charge in [-0.2, -0.15) is 5.10 Å². The molecule has 1 fully saturated rings. The fourth-order valence-corrected chi connectivity index (χ4v) is 2.99. The highest BCUT2D eigenvalue weighted by atomic mass is 15.3. The first-order chi connectivity index (χ1) is 8.24. The SMILES string of the molecule is CCCc1c(C2CCCCCC2)nn(C)c1N. The van der Waals surface area contributed by atoms with Crippen LogP contribution in [0.15, 0.2) is 0 Å². The molecule has 3 nitrogen and oxygen atoms in total. The molecule has 0 spiro atoms. The zero-order valence-electron chi connectivity index (χ0n) is 11.2. The molecule has 1 aliphatic rings. The maximum absolute atomic E-state index is 6.14. The lowest BCUT2D eigenvalue weighted by atomic mass is 9.92. The molecule has 1 aliphatic carbocycles. The Hall–Kier alpha value is -0.990. The van der Waals surface area contributed by atoms with Crippen molar-refractivity contribution in [2.75, 3.05) is 5.73 Å². The summed E-state index contributed by atoms with van der Waals surface area (Å²) in [6, 6.07) is 0. The second-order valence-corrected chi connectivity index (χ2v) is 5.31. The van der Waals surface area contributed by atoms with Crippen LogP contribution in [0.25, 0.3) is 0 Å². The number of nitrogens with two attached hydrogens (primary N) is 1. The van der Waals surface area contributed by atoms with Gasteiger partial charge in [-0.1, -0.05) is 39.0 Å². The van der Waals surface area contributed by atoms with Crippen molar-refractivity contribution < 1.29 is 0 Å². The lowest BCUT2D eigenvalue weighted by Crippen LogP contribution is -2.02. The fourth-order valence-electron chi connectivity index (χ4n) is 2.99. The Labute approximate surface area is 104 Å². The normalized spacial score (nSPS) is 18.2. The number of hydrogen-bond donors (Lipinski definition) is 1. The minimum Gasteiger partial charge on any atom is -0.384 e. The minimum atomic E-state index is 0.655. The van der Waals surface area contributed by atoms with Crippen LogP contribution >= 0.6 is 0 Å². The summed E-state index contributed by atoms with van der Waals surface area (Å²) in [4.78, 5) is 0.